The molecule has 138 valence electrons. The summed E-state index contributed by atoms with van der Waals surface area (Å²) in [5.74, 6) is 0. The van der Waals surface area contributed by atoms with E-state index in [1.165, 1.54) is 0 Å². The molecule has 0 aliphatic heterocycles. The molecule has 0 saturated heterocycles. The molecular weight excluding hydrogens is 365 g/mol. The molecular formula is C15H10F9N. The van der Waals surface area contributed by atoms with E-state index in [-0.39, 0.29) is 6.07 Å². The van der Waals surface area contributed by atoms with Gasteiger partial charge in [-0.05, 0) is 37.1 Å². The molecule has 0 N–H and O–H groups in total. The summed E-state index contributed by atoms with van der Waals surface area (Å²) >= 11 is 0. The Kier molecular flexibility index (Phi) is 4.38. The van der Waals surface area contributed by atoms with Crippen molar-refractivity contribution in [3.63, 3.8) is 0 Å². The lowest BCUT2D eigenvalue weighted by Crippen LogP contribution is -2.17. The van der Waals surface area contributed by atoms with Gasteiger partial charge in [-0.25, -0.2) is 0 Å². The van der Waals surface area contributed by atoms with Gasteiger partial charge in [-0.2, -0.15) is 39.5 Å². The summed E-state index contributed by atoms with van der Waals surface area (Å²) in [7, 11) is 0. The fourth-order valence-electron chi connectivity index (χ4n) is 2.58. The zero-order valence-corrected chi connectivity index (χ0v) is 12.7. The number of hydrogen-bond acceptors (Lipinski definition) is 0. The maximum absolute atomic E-state index is 13.1. The predicted octanol–water partition coefficient (Wildman–Crippen LogP) is 6.15. The molecule has 10 heteroatoms. The zero-order chi connectivity index (χ0) is 19.4. The second-order valence-corrected chi connectivity index (χ2v) is 5.37. The molecule has 0 aliphatic carbocycles. The fourth-order valence-corrected chi connectivity index (χ4v) is 2.58. The van der Waals surface area contributed by atoms with Gasteiger partial charge >= 0.3 is 18.5 Å². The molecule has 0 bridgehead atoms. The Labute approximate surface area is 135 Å². The van der Waals surface area contributed by atoms with E-state index in [1.807, 2.05) is 0 Å². The lowest BCUT2D eigenvalue weighted by molar-refractivity contribution is -0.143. The standard InChI is InChI=1S/C15H10F9N/c1-7-10(14(19,20)21)5-11(15(22,23)24)8(2)12(7)25-4-3-9(6-25)13(16,17)18/h3-6H,1-2H3. The Bertz CT molecular complexity index is 753. The third-order valence-electron chi connectivity index (χ3n) is 3.70. The number of benzene rings is 1. The zero-order valence-electron chi connectivity index (χ0n) is 12.7. The predicted molar refractivity (Wildman–Crippen MR) is 70.2 cm³/mol. The van der Waals surface area contributed by atoms with E-state index < -0.39 is 52.0 Å². The lowest BCUT2D eigenvalue weighted by Gasteiger charge is -2.22. The molecule has 0 fully saturated rings. The summed E-state index contributed by atoms with van der Waals surface area (Å²) in [6, 6.07) is 0.550. The fraction of sp³-hybridized carbons (Fsp3) is 0.333. The lowest BCUT2D eigenvalue weighted by atomic mass is 9.96. The minimum atomic E-state index is -5.09. The van der Waals surface area contributed by atoms with Crippen molar-refractivity contribution in [1.29, 1.82) is 0 Å². The van der Waals surface area contributed by atoms with Gasteiger partial charge in [0.25, 0.3) is 0 Å². The van der Waals surface area contributed by atoms with Gasteiger partial charge in [-0.1, -0.05) is 0 Å². The Morgan fingerprint density at radius 3 is 1.48 bits per heavy atom. The number of nitrogens with zero attached hydrogens (tertiary/aromatic N) is 1. The summed E-state index contributed by atoms with van der Waals surface area (Å²) < 4.78 is 117. The van der Waals surface area contributed by atoms with Gasteiger partial charge in [-0.3, -0.25) is 0 Å². The van der Waals surface area contributed by atoms with Crippen molar-refractivity contribution in [3.05, 3.63) is 52.3 Å². The quantitative estimate of drug-likeness (QED) is 0.527. The van der Waals surface area contributed by atoms with Crippen molar-refractivity contribution in [3.8, 4) is 5.69 Å². The van der Waals surface area contributed by atoms with Gasteiger partial charge in [0.2, 0.25) is 0 Å². The van der Waals surface area contributed by atoms with Gasteiger partial charge in [-0.15, -0.1) is 0 Å². The molecule has 0 amide bonds. The van der Waals surface area contributed by atoms with Crippen molar-refractivity contribution in [2.45, 2.75) is 32.4 Å². The Morgan fingerprint density at radius 1 is 0.720 bits per heavy atom. The van der Waals surface area contributed by atoms with Crippen LogP contribution in [0.4, 0.5) is 39.5 Å². The summed E-state index contributed by atoms with van der Waals surface area (Å²) in [5.41, 5.74) is -6.06. The average molecular weight is 375 g/mol. The van der Waals surface area contributed by atoms with Crippen molar-refractivity contribution >= 4 is 0 Å². The molecule has 1 aromatic heterocycles. The van der Waals surface area contributed by atoms with Crippen LogP contribution in [-0.2, 0) is 18.5 Å². The number of alkyl halides is 9. The topological polar surface area (TPSA) is 4.93 Å². The van der Waals surface area contributed by atoms with E-state index in [1.54, 1.807) is 0 Å². The second kappa shape index (κ2) is 5.70. The summed E-state index contributed by atoms with van der Waals surface area (Å²) in [5, 5.41) is 0. The molecule has 25 heavy (non-hydrogen) atoms. The van der Waals surface area contributed by atoms with E-state index in [0.29, 0.717) is 16.8 Å². The SMILES string of the molecule is Cc1c(C(F)(F)F)cc(C(F)(F)F)c(C)c1-n1ccc(C(F)(F)F)c1. The highest BCUT2D eigenvalue weighted by Gasteiger charge is 2.41. The third-order valence-corrected chi connectivity index (χ3v) is 3.70. The minimum Gasteiger partial charge on any atom is -0.323 e. The maximum Gasteiger partial charge on any atom is 0.417 e. The number of aromatic nitrogens is 1. The second-order valence-electron chi connectivity index (χ2n) is 5.37. The van der Waals surface area contributed by atoms with Crippen LogP contribution in [0.5, 0.6) is 0 Å². The number of halogens is 9. The minimum absolute atomic E-state index is 0.0255. The van der Waals surface area contributed by atoms with Crippen LogP contribution in [0.25, 0.3) is 5.69 Å². The van der Waals surface area contributed by atoms with E-state index >= 15 is 0 Å². The first-order chi connectivity index (χ1) is 11.1. The Morgan fingerprint density at radius 2 is 1.16 bits per heavy atom. The maximum atomic E-state index is 13.1. The summed E-state index contributed by atoms with van der Waals surface area (Å²) in [4.78, 5) is 0. The highest BCUT2D eigenvalue weighted by atomic mass is 19.4. The van der Waals surface area contributed by atoms with E-state index in [2.05, 4.69) is 0 Å². The first-order valence-electron chi connectivity index (χ1n) is 6.68. The molecule has 2 aromatic rings. The molecule has 0 spiro atoms. The molecule has 1 heterocycles. The molecule has 0 saturated carbocycles. The largest absolute Gasteiger partial charge is 0.417 e. The molecule has 1 nitrogen and oxygen atoms in total. The van der Waals surface area contributed by atoms with E-state index in [0.717, 1.165) is 20.0 Å². The van der Waals surface area contributed by atoms with Gasteiger partial charge in [0.05, 0.1) is 22.4 Å². The van der Waals surface area contributed by atoms with Crippen LogP contribution in [-0.4, -0.2) is 4.57 Å². The number of hydrogen-bond donors (Lipinski definition) is 0. The van der Waals surface area contributed by atoms with Crippen molar-refractivity contribution in [2.75, 3.05) is 0 Å². The van der Waals surface area contributed by atoms with Crippen LogP contribution >= 0.6 is 0 Å². The first-order valence-corrected chi connectivity index (χ1v) is 6.68. The summed E-state index contributed by atoms with van der Waals surface area (Å²) in [6.45, 7) is 1.83. The van der Waals surface area contributed by atoms with Crippen LogP contribution in [0.15, 0.2) is 24.5 Å². The van der Waals surface area contributed by atoms with Crippen molar-refractivity contribution in [2.24, 2.45) is 0 Å². The highest BCUT2D eigenvalue weighted by Crippen LogP contribution is 2.42. The third kappa shape index (κ3) is 3.62. The van der Waals surface area contributed by atoms with E-state index in [4.69, 9.17) is 0 Å². The van der Waals surface area contributed by atoms with Gasteiger partial charge in [0.15, 0.2) is 0 Å². The van der Waals surface area contributed by atoms with Gasteiger partial charge < -0.3 is 4.57 Å². The van der Waals surface area contributed by atoms with Crippen LogP contribution < -0.4 is 0 Å². The van der Waals surface area contributed by atoms with Crippen LogP contribution in [0.2, 0.25) is 0 Å². The molecule has 0 radical (unpaired) electrons. The highest BCUT2D eigenvalue weighted by molar-refractivity contribution is 5.57. The summed E-state index contributed by atoms with van der Waals surface area (Å²) in [6.07, 6.45) is -13.7. The smallest absolute Gasteiger partial charge is 0.323 e. The molecule has 0 unspecified atom stereocenters. The molecule has 0 aliphatic rings. The van der Waals surface area contributed by atoms with Gasteiger partial charge in [0, 0.05) is 12.4 Å². The molecule has 1 aromatic carbocycles. The Balaban J connectivity index is 2.83. The molecule has 0 atom stereocenters. The first kappa shape index (κ1) is 19.2. The number of rotatable bonds is 1. The van der Waals surface area contributed by atoms with Crippen LogP contribution in [0, 0.1) is 13.8 Å². The normalized spacial score (nSPS) is 13.4. The van der Waals surface area contributed by atoms with Crippen LogP contribution in [0.1, 0.15) is 27.8 Å². The van der Waals surface area contributed by atoms with Crippen LogP contribution in [0.3, 0.4) is 0 Å². The van der Waals surface area contributed by atoms with Crippen molar-refractivity contribution < 1.29 is 39.5 Å². The molecule has 2 rings (SSSR count). The average Bonchev–Trinajstić information content (AvgIpc) is 2.84. The van der Waals surface area contributed by atoms with Crippen molar-refractivity contribution in [1.82, 2.24) is 4.57 Å². The monoisotopic (exact) mass is 375 g/mol. The van der Waals surface area contributed by atoms with Gasteiger partial charge in [0.1, 0.15) is 0 Å². The van der Waals surface area contributed by atoms with E-state index in [9.17, 15) is 39.5 Å². The Hall–Kier alpha value is -2.13.